The Morgan fingerprint density at radius 2 is 2.37 bits per heavy atom. The summed E-state index contributed by atoms with van der Waals surface area (Å²) in [5, 5.41) is 23.6. The maximum absolute atomic E-state index is 11.1. The third kappa shape index (κ3) is 2.20. The molecule has 3 rings (SSSR count). The van der Waals surface area contributed by atoms with Crippen molar-refractivity contribution >= 4 is 17.4 Å². The van der Waals surface area contributed by atoms with Gasteiger partial charge in [0.2, 0.25) is 0 Å². The van der Waals surface area contributed by atoms with E-state index < -0.39 is 5.97 Å². The lowest BCUT2D eigenvalue weighted by atomic mass is 9.96. The van der Waals surface area contributed by atoms with Gasteiger partial charge in [0.1, 0.15) is 5.82 Å². The van der Waals surface area contributed by atoms with E-state index in [0.717, 1.165) is 19.3 Å². The highest BCUT2D eigenvalue weighted by Crippen LogP contribution is 2.31. The largest absolute Gasteiger partial charge is 0.481 e. The van der Waals surface area contributed by atoms with Crippen molar-refractivity contribution in [1.29, 1.82) is 0 Å². The number of rotatable bonds is 4. The number of nitrogens with zero attached hydrogens (tertiary/aromatic N) is 5. The quantitative estimate of drug-likeness (QED) is 0.823. The Morgan fingerprint density at radius 3 is 3.21 bits per heavy atom. The van der Waals surface area contributed by atoms with Crippen molar-refractivity contribution in [2.75, 3.05) is 11.9 Å². The predicted octanol–water partition coefficient (Wildman–Crippen LogP) is 0.432. The molecule has 19 heavy (non-hydrogen) atoms. The molecule has 2 N–H and O–H groups in total. The van der Waals surface area contributed by atoms with Gasteiger partial charge in [0.15, 0.2) is 5.65 Å². The van der Waals surface area contributed by atoms with E-state index >= 15 is 0 Å². The lowest BCUT2D eigenvalue weighted by Gasteiger charge is -2.16. The SMILES string of the molecule is O=C(O)C1CCCC1CNc1cncc2nnnn12. The Kier molecular flexibility index (Phi) is 2.98. The minimum atomic E-state index is -0.706. The van der Waals surface area contributed by atoms with Gasteiger partial charge in [0.25, 0.3) is 0 Å². The minimum absolute atomic E-state index is 0.143. The number of fused-ring (bicyclic) bond motifs is 1. The zero-order chi connectivity index (χ0) is 13.2. The lowest BCUT2D eigenvalue weighted by molar-refractivity contribution is -0.142. The molecule has 2 heterocycles. The fraction of sp³-hybridized carbons (Fsp3) is 0.545. The second-order valence-corrected chi connectivity index (χ2v) is 4.76. The lowest BCUT2D eigenvalue weighted by Crippen LogP contribution is -2.25. The van der Waals surface area contributed by atoms with Gasteiger partial charge >= 0.3 is 5.97 Å². The van der Waals surface area contributed by atoms with Gasteiger partial charge in [-0.1, -0.05) is 6.42 Å². The molecule has 8 heteroatoms. The molecule has 2 aromatic heterocycles. The first-order valence-corrected chi connectivity index (χ1v) is 6.24. The summed E-state index contributed by atoms with van der Waals surface area (Å²) < 4.78 is 1.55. The number of carboxylic acid groups (broad SMARTS) is 1. The van der Waals surface area contributed by atoms with E-state index in [1.807, 2.05) is 0 Å². The van der Waals surface area contributed by atoms with E-state index in [9.17, 15) is 4.79 Å². The van der Waals surface area contributed by atoms with Gasteiger partial charge in [-0.25, -0.2) is 0 Å². The summed E-state index contributed by atoms with van der Waals surface area (Å²) in [6.07, 6.45) is 5.86. The number of carbonyl (C=O) groups is 1. The van der Waals surface area contributed by atoms with E-state index in [4.69, 9.17) is 5.11 Å². The summed E-state index contributed by atoms with van der Waals surface area (Å²) in [5.74, 6) is -0.139. The monoisotopic (exact) mass is 262 g/mol. The highest BCUT2D eigenvalue weighted by Gasteiger charge is 2.32. The molecule has 2 atom stereocenters. The molecule has 0 spiro atoms. The third-order valence-electron chi connectivity index (χ3n) is 3.63. The van der Waals surface area contributed by atoms with Gasteiger partial charge in [0.05, 0.1) is 18.3 Å². The van der Waals surface area contributed by atoms with Crippen LogP contribution in [0.1, 0.15) is 19.3 Å². The summed E-state index contributed by atoms with van der Waals surface area (Å²) >= 11 is 0. The molecule has 8 nitrogen and oxygen atoms in total. The van der Waals surface area contributed by atoms with Crippen LogP contribution in [-0.2, 0) is 4.79 Å². The topological polar surface area (TPSA) is 105 Å². The molecular weight excluding hydrogens is 248 g/mol. The van der Waals surface area contributed by atoms with Crippen molar-refractivity contribution in [2.45, 2.75) is 19.3 Å². The van der Waals surface area contributed by atoms with Crippen LogP contribution in [0.25, 0.3) is 5.65 Å². The molecule has 0 bridgehead atoms. The molecule has 1 aliphatic carbocycles. The van der Waals surface area contributed by atoms with Gasteiger partial charge in [-0.2, -0.15) is 4.52 Å². The zero-order valence-corrected chi connectivity index (χ0v) is 10.2. The number of nitrogens with one attached hydrogen (secondary N) is 1. The summed E-state index contributed by atoms with van der Waals surface area (Å²) in [4.78, 5) is 15.2. The second kappa shape index (κ2) is 4.79. The normalized spacial score (nSPS) is 22.7. The number of anilines is 1. The molecule has 1 saturated carbocycles. The van der Waals surface area contributed by atoms with Crippen molar-refractivity contribution in [3.8, 4) is 0 Å². The minimum Gasteiger partial charge on any atom is -0.481 e. The number of carboxylic acids is 1. The molecule has 100 valence electrons. The summed E-state index contributed by atoms with van der Waals surface area (Å²) in [7, 11) is 0. The average molecular weight is 262 g/mol. The van der Waals surface area contributed by atoms with Crippen LogP contribution in [0.2, 0.25) is 0 Å². The first kappa shape index (κ1) is 11.8. The molecule has 1 aliphatic rings. The van der Waals surface area contributed by atoms with E-state index in [1.54, 1.807) is 16.9 Å². The van der Waals surface area contributed by atoms with Gasteiger partial charge in [-0.15, -0.1) is 5.10 Å². The van der Waals surface area contributed by atoms with Gasteiger partial charge < -0.3 is 10.4 Å². The van der Waals surface area contributed by atoms with E-state index in [0.29, 0.717) is 18.0 Å². The van der Waals surface area contributed by atoms with Crippen molar-refractivity contribution in [1.82, 2.24) is 25.0 Å². The zero-order valence-electron chi connectivity index (χ0n) is 10.2. The van der Waals surface area contributed by atoms with Crippen molar-refractivity contribution in [2.24, 2.45) is 11.8 Å². The van der Waals surface area contributed by atoms with Crippen LogP contribution in [0, 0.1) is 11.8 Å². The Labute approximate surface area is 108 Å². The van der Waals surface area contributed by atoms with Crippen LogP contribution in [0.4, 0.5) is 5.82 Å². The number of aliphatic carboxylic acids is 1. The highest BCUT2D eigenvalue weighted by atomic mass is 16.4. The van der Waals surface area contributed by atoms with Crippen molar-refractivity contribution in [3.05, 3.63) is 12.4 Å². The molecule has 0 saturated heterocycles. The molecule has 0 amide bonds. The standard InChI is InChI=1S/C11H14N6O2/c18-11(19)8-3-1-2-7(8)4-13-9-5-12-6-10-14-15-16-17(9)10/h5-8,13H,1-4H2,(H,18,19). The van der Waals surface area contributed by atoms with E-state index in [2.05, 4.69) is 25.8 Å². The molecule has 1 fully saturated rings. The third-order valence-corrected chi connectivity index (χ3v) is 3.63. The first-order chi connectivity index (χ1) is 9.25. The van der Waals surface area contributed by atoms with Crippen LogP contribution in [0.15, 0.2) is 12.4 Å². The Morgan fingerprint density at radius 1 is 1.47 bits per heavy atom. The van der Waals surface area contributed by atoms with Gasteiger partial charge in [-0.05, 0) is 29.2 Å². The number of tetrazole rings is 1. The maximum atomic E-state index is 11.1. The van der Waals surface area contributed by atoms with Gasteiger partial charge in [-0.3, -0.25) is 9.78 Å². The Bertz CT molecular complexity index is 598. The van der Waals surface area contributed by atoms with E-state index in [-0.39, 0.29) is 11.8 Å². The van der Waals surface area contributed by atoms with Crippen LogP contribution in [0.3, 0.4) is 0 Å². The van der Waals surface area contributed by atoms with Crippen molar-refractivity contribution < 1.29 is 9.90 Å². The van der Waals surface area contributed by atoms with Crippen LogP contribution < -0.4 is 5.32 Å². The number of hydrogen-bond donors (Lipinski definition) is 2. The smallest absolute Gasteiger partial charge is 0.306 e. The average Bonchev–Trinajstić information content (AvgIpc) is 3.04. The van der Waals surface area contributed by atoms with Gasteiger partial charge in [0, 0.05) is 6.54 Å². The molecule has 0 radical (unpaired) electrons. The van der Waals surface area contributed by atoms with Crippen LogP contribution in [0.5, 0.6) is 0 Å². The molecule has 0 aliphatic heterocycles. The first-order valence-electron chi connectivity index (χ1n) is 6.24. The maximum Gasteiger partial charge on any atom is 0.306 e. The van der Waals surface area contributed by atoms with Crippen LogP contribution in [-0.4, -0.2) is 42.6 Å². The molecule has 2 unspecified atom stereocenters. The number of aromatic nitrogens is 5. The summed E-state index contributed by atoms with van der Waals surface area (Å²) in [6, 6.07) is 0. The molecule has 2 aromatic rings. The van der Waals surface area contributed by atoms with Crippen molar-refractivity contribution in [3.63, 3.8) is 0 Å². The fourth-order valence-corrected chi connectivity index (χ4v) is 2.64. The second-order valence-electron chi connectivity index (χ2n) is 4.76. The van der Waals surface area contributed by atoms with Crippen LogP contribution >= 0.6 is 0 Å². The summed E-state index contributed by atoms with van der Waals surface area (Å²) in [6.45, 7) is 0.595. The Balaban J connectivity index is 1.72. The highest BCUT2D eigenvalue weighted by molar-refractivity contribution is 5.70. The summed E-state index contributed by atoms with van der Waals surface area (Å²) in [5.41, 5.74) is 0.561. The fourth-order valence-electron chi connectivity index (χ4n) is 2.64. The Hall–Kier alpha value is -2.25. The molecular formula is C11H14N6O2. The number of hydrogen-bond acceptors (Lipinski definition) is 6. The molecule has 0 aromatic carbocycles. The predicted molar refractivity (Wildman–Crippen MR) is 65.5 cm³/mol. The van der Waals surface area contributed by atoms with E-state index in [1.165, 1.54) is 0 Å².